The number of nitrogens with zero attached hydrogens (tertiary/aromatic N) is 6. The van der Waals surface area contributed by atoms with Crippen LogP contribution in [0.15, 0.2) is 30.9 Å². The van der Waals surface area contributed by atoms with Crippen molar-refractivity contribution in [2.75, 3.05) is 17.2 Å². The van der Waals surface area contributed by atoms with Gasteiger partial charge in [0, 0.05) is 25.2 Å². The van der Waals surface area contributed by atoms with Gasteiger partial charge >= 0.3 is 0 Å². The van der Waals surface area contributed by atoms with Crippen molar-refractivity contribution in [1.29, 1.82) is 0 Å². The van der Waals surface area contributed by atoms with Crippen molar-refractivity contribution in [3.8, 4) is 11.3 Å². The molecule has 30 heavy (non-hydrogen) atoms. The molecule has 0 aliphatic carbocycles. The summed E-state index contributed by atoms with van der Waals surface area (Å²) in [5, 5.41) is 4.68. The third-order valence-electron chi connectivity index (χ3n) is 5.52. The van der Waals surface area contributed by atoms with E-state index in [1.807, 2.05) is 13.0 Å². The molecule has 0 aromatic carbocycles. The van der Waals surface area contributed by atoms with E-state index in [2.05, 4.69) is 15.1 Å². The van der Waals surface area contributed by atoms with Crippen molar-refractivity contribution < 1.29 is 9.59 Å². The van der Waals surface area contributed by atoms with Crippen LogP contribution in [0.2, 0.25) is 5.02 Å². The molecule has 2 amide bonds. The molecule has 2 N–H and O–H groups in total. The number of carbonyl (C=O) groups excluding carboxylic acids is 2. The average molecular weight is 428 g/mol. The number of anilines is 2. The molecule has 1 fully saturated rings. The van der Waals surface area contributed by atoms with Crippen LogP contribution < -0.4 is 10.6 Å². The highest BCUT2D eigenvalue weighted by atomic mass is 35.5. The van der Waals surface area contributed by atoms with E-state index in [9.17, 15) is 9.59 Å². The Labute approximate surface area is 178 Å². The first-order valence-corrected chi connectivity index (χ1v) is 9.85. The SMILES string of the molecule is CC(=O)N1CC(C)N(c2cncc(-c3cc(Cl)c4c(N)ncnn34)c2)C(=O)C1(C)C. The Morgan fingerprint density at radius 1 is 1.30 bits per heavy atom. The van der Waals surface area contributed by atoms with Gasteiger partial charge in [-0.15, -0.1) is 0 Å². The average Bonchev–Trinajstić information content (AvgIpc) is 3.03. The van der Waals surface area contributed by atoms with Crippen LogP contribution in [0.5, 0.6) is 0 Å². The lowest BCUT2D eigenvalue weighted by atomic mass is 9.94. The summed E-state index contributed by atoms with van der Waals surface area (Å²) in [7, 11) is 0. The molecule has 3 aromatic heterocycles. The van der Waals surface area contributed by atoms with E-state index in [1.165, 1.54) is 13.3 Å². The summed E-state index contributed by atoms with van der Waals surface area (Å²) < 4.78 is 1.61. The van der Waals surface area contributed by atoms with E-state index < -0.39 is 5.54 Å². The number of halogens is 1. The number of nitrogen functional groups attached to an aromatic ring is 1. The zero-order valence-electron chi connectivity index (χ0n) is 17.1. The van der Waals surface area contributed by atoms with Gasteiger partial charge in [-0.25, -0.2) is 9.50 Å². The summed E-state index contributed by atoms with van der Waals surface area (Å²) in [6.07, 6.45) is 4.67. The van der Waals surface area contributed by atoms with Crippen LogP contribution in [0.25, 0.3) is 16.8 Å². The van der Waals surface area contributed by atoms with E-state index in [4.69, 9.17) is 17.3 Å². The van der Waals surface area contributed by atoms with Crippen molar-refractivity contribution in [2.24, 2.45) is 0 Å². The van der Waals surface area contributed by atoms with Gasteiger partial charge in [-0.1, -0.05) is 11.6 Å². The zero-order chi connectivity index (χ0) is 21.8. The number of rotatable bonds is 2. The molecule has 1 aliphatic heterocycles. The first kappa shape index (κ1) is 20.1. The summed E-state index contributed by atoms with van der Waals surface area (Å²) in [6.45, 7) is 7.34. The molecule has 1 aliphatic rings. The molecule has 0 bridgehead atoms. The Morgan fingerprint density at radius 3 is 2.73 bits per heavy atom. The first-order valence-electron chi connectivity index (χ1n) is 9.48. The Morgan fingerprint density at radius 2 is 2.03 bits per heavy atom. The number of hydrogen-bond donors (Lipinski definition) is 1. The monoisotopic (exact) mass is 427 g/mol. The number of nitrogens with two attached hydrogens (primary N) is 1. The summed E-state index contributed by atoms with van der Waals surface area (Å²) in [5.74, 6) is -0.0189. The number of amides is 2. The maximum absolute atomic E-state index is 13.3. The second-order valence-electron chi connectivity index (χ2n) is 7.93. The Bertz CT molecular complexity index is 1170. The number of carbonyl (C=O) groups is 2. The van der Waals surface area contributed by atoms with Crippen molar-refractivity contribution in [1.82, 2.24) is 24.5 Å². The molecule has 3 aromatic rings. The maximum Gasteiger partial charge on any atom is 0.252 e. The van der Waals surface area contributed by atoms with Gasteiger partial charge in [-0.05, 0) is 32.9 Å². The van der Waals surface area contributed by atoms with E-state index in [-0.39, 0.29) is 23.7 Å². The number of pyridine rings is 1. The molecule has 156 valence electrons. The van der Waals surface area contributed by atoms with Crippen LogP contribution >= 0.6 is 11.6 Å². The zero-order valence-corrected chi connectivity index (χ0v) is 17.9. The number of fused-ring (bicyclic) bond motifs is 1. The highest BCUT2D eigenvalue weighted by molar-refractivity contribution is 6.35. The van der Waals surface area contributed by atoms with Crippen molar-refractivity contribution in [3.05, 3.63) is 35.9 Å². The molecular weight excluding hydrogens is 406 g/mol. The minimum Gasteiger partial charge on any atom is -0.382 e. The molecule has 1 atom stereocenters. The smallest absolute Gasteiger partial charge is 0.252 e. The van der Waals surface area contributed by atoms with Crippen LogP contribution in [0.4, 0.5) is 11.5 Å². The topological polar surface area (TPSA) is 110 Å². The van der Waals surface area contributed by atoms with Crippen LogP contribution in [0, 0.1) is 0 Å². The third-order valence-corrected chi connectivity index (χ3v) is 5.81. The summed E-state index contributed by atoms with van der Waals surface area (Å²) >= 11 is 6.35. The highest BCUT2D eigenvalue weighted by Gasteiger charge is 2.46. The predicted molar refractivity (Wildman–Crippen MR) is 114 cm³/mol. The minimum absolute atomic E-state index is 0.127. The summed E-state index contributed by atoms with van der Waals surface area (Å²) in [4.78, 5) is 37.0. The van der Waals surface area contributed by atoms with Crippen molar-refractivity contribution in [2.45, 2.75) is 39.3 Å². The Hall–Kier alpha value is -3.20. The van der Waals surface area contributed by atoms with Gasteiger partial charge in [0.1, 0.15) is 17.4 Å². The molecule has 9 nitrogen and oxygen atoms in total. The normalized spacial score (nSPS) is 18.8. The fourth-order valence-electron chi connectivity index (χ4n) is 4.01. The van der Waals surface area contributed by atoms with E-state index in [0.29, 0.717) is 28.5 Å². The summed E-state index contributed by atoms with van der Waals surface area (Å²) in [6, 6.07) is 3.39. The Balaban J connectivity index is 1.79. The maximum atomic E-state index is 13.3. The standard InChI is InChI=1S/C20H22ClN7O2/c1-11-9-26(12(2)29)20(3,4)19(30)27(11)14-5-13(7-23-8-14)16-6-15(21)17-18(22)24-10-25-28(16)17/h5-8,10-11H,9H2,1-4H3,(H2,22,24,25). The molecule has 1 saturated heterocycles. The lowest BCUT2D eigenvalue weighted by Gasteiger charge is -2.48. The fraction of sp³-hybridized carbons (Fsp3) is 0.350. The van der Waals surface area contributed by atoms with E-state index in [1.54, 1.807) is 46.6 Å². The van der Waals surface area contributed by atoms with Gasteiger partial charge < -0.3 is 15.5 Å². The van der Waals surface area contributed by atoms with Crippen molar-refractivity contribution in [3.63, 3.8) is 0 Å². The van der Waals surface area contributed by atoms with Gasteiger partial charge in [0.25, 0.3) is 5.91 Å². The lowest BCUT2D eigenvalue weighted by molar-refractivity contribution is -0.146. The fourth-order valence-corrected chi connectivity index (χ4v) is 4.29. The van der Waals surface area contributed by atoms with Crippen molar-refractivity contribution >= 4 is 40.4 Å². The minimum atomic E-state index is -0.957. The van der Waals surface area contributed by atoms with E-state index >= 15 is 0 Å². The molecular formula is C20H22ClN7O2. The van der Waals surface area contributed by atoms with Gasteiger partial charge in [-0.2, -0.15) is 5.10 Å². The van der Waals surface area contributed by atoms with Crippen LogP contribution in [0.1, 0.15) is 27.7 Å². The van der Waals surface area contributed by atoms with Crippen LogP contribution in [0.3, 0.4) is 0 Å². The second-order valence-corrected chi connectivity index (χ2v) is 8.34. The molecule has 0 radical (unpaired) electrons. The molecule has 4 rings (SSSR count). The molecule has 0 spiro atoms. The predicted octanol–water partition coefficient (Wildman–Crippen LogP) is 2.39. The lowest BCUT2D eigenvalue weighted by Crippen LogP contribution is -2.67. The highest BCUT2D eigenvalue weighted by Crippen LogP contribution is 2.34. The summed E-state index contributed by atoms with van der Waals surface area (Å²) in [5.41, 5.74) is 7.53. The first-order chi connectivity index (χ1) is 14.1. The third kappa shape index (κ3) is 2.97. The number of hydrogen-bond acceptors (Lipinski definition) is 6. The number of piperazine rings is 1. The molecule has 4 heterocycles. The van der Waals surface area contributed by atoms with Gasteiger partial charge in [0.2, 0.25) is 5.91 Å². The molecule has 1 unspecified atom stereocenters. The van der Waals surface area contributed by atoms with Gasteiger partial charge in [-0.3, -0.25) is 14.6 Å². The largest absolute Gasteiger partial charge is 0.382 e. The van der Waals surface area contributed by atoms with E-state index in [0.717, 1.165) is 5.56 Å². The van der Waals surface area contributed by atoms with Gasteiger partial charge in [0.05, 0.1) is 28.6 Å². The van der Waals surface area contributed by atoms with Crippen LogP contribution in [-0.4, -0.2) is 54.4 Å². The molecule has 10 heteroatoms. The number of aromatic nitrogens is 4. The second kappa shape index (κ2) is 6.94. The van der Waals surface area contributed by atoms with Gasteiger partial charge in [0.15, 0.2) is 5.82 Å². The van der Waals surface area contributed by atoms with Crippen LogP contribution in [-0.2, 0) is 9.59 Å². The Kier molecular flexibility index (Phi) is 4.65. The molecule has 0 saturated carbocycles. The quantitative estimate of drug-likeness (QED) is 0.672.